The molecule has 0 aliphatic carbocycles. The number of aliphatic imine (C=N–C) groups is 1. The number of pyridine rings is 1. The summed E-state index contributed by atoms with van der Waals surface area (Å²) in [6.45, 7) is 4.23. The fourth-order valence-electron chi connectivity index (χ4n) is 2.29. The molecule has 0 saturated carbocycles. The molecule has 6 nitrogen and oxygen atoms in total. The van der Waals surface area contributed by atoms with E-state index in [4.69, 9.17) is 9.47 Å². The third kappa shape index (κ3) is 7.47. The number of nitrogens with one attached hydrogen (secondary N) is 2. The Morgan fingerprint density at radius 3 is 2.46 bits per heavy atom. The van der Waals surface area contributed by atoms with Crippen molar-refractivity contribution < 1.29 is 9.47 Å². The Balaban J connectivity index is 0.00000338. The molecule has 2 N–H and O–H groups in total. The van der Waals surface area contributed by atoms with Crippen LogP contribution in [0.3, 0.4) is 0 Å². The topological polar surface area (TPSA) is 67.8 Å². The Morgan fingerprint density at radius 1 is 1.04 bits per heavy atom. The second kappa shape index (κ2) is 12.3. The van der Waals surface area contributed by atoms with Gasteiger partial charge in [0.05, 0.1) is 20.8 Å². The van der Waals surface area contributed by atoms with Crippen molar-refractivity contribution in [1.29, 1.82) is 0 Å². The van der Waals surface area contributed by atoms with Gasteiger partial charge in [0.25, 0.3) is 0 Å². The van der Waals surface area contributed by atoms with Crippen molar-refractivity contribution in [3.8, 4) is 11.6 Å². The van der Waals surface area contributed by atoms with Crippen LogP contribution in [0.5, 0.6) is 11.6 Å². The van der Waals surface area contributed by atoms with Crippen LogP contribution in [0.25, 0.3) is 0 Å². The van der Waals surface area contributed by atoms with Gasteiger partial charge in [-0.25, -0.2) is 9.98 Å². The molecular formula is C19H27IN4O2. The zero-order chi connectivity index (χ0) is 17.9. The molecule has 7 heteroatoms. The summed E-state index contributed by atoms with van der Waals surface area (Å²) in [6.07, 6.45) is 2.64. The molecular weight excluding hydrogens is 443 g/mol. The highest BCUT2D eigenvalue weighted by molar-refractivity contribution is 14.0. The van der Waals surface area contributed by atoms with Crippen LogP contribution in [0, 0.1) is 0 Å². The van der Waals surface area contributed by atoms with Gasteiger partial charge in [-0.05, 0) is 42.7 Å². The second-order valence-electron chi connectivity index (χ2n) is 5.43. The van der Waals surface area contributed by atoms with Gasteiger partial charge >= 0.3 is 0 Å². The van der Waals surface area contributed by atoms with Gasteiger partial charge in [-0.3, -0.25) is 0 Å². The molecule has 2 aromatic rings. The first-order valence-electron chi connectivity index (χ1n) is 8.39. The van der Waals surface area contributed by atoms with Crippen LogP contribution in [0.2, 0.25) is 0 Å². The highest BCUT2D eigenvalue weighted by Crippen LogP contribution is 2.11. The smallest absolute Gasteiger partial charge is 0.213 e. The Kier molecular flexibility index (Phi) is 10.5. The van der Waals surface area contributed by atoms with Gasteiger partial charge in [-0.1, -0.05) is 12.1 Å². The lowest BCUT2D eigenvalue weighted by atomic mass is 10.1. The first kappa shape index (κ1) is 22.0. The number of nitrogens with zero attached hydrogens (tertiary/aromatic N) is 2. The van der Waals surface area contributed by atoms with Crippen LogP contribution in [0.1, 0.15) is 18.1 Å². The van der Waals surface area contributed by atoms with Gasteiger partial charge in [-0.2, -0.15) is 0 Å². The molecule has 0 bridgehead atoms. The fraction of sp³-hybridized carbons (Fsp3) is 0.368. The highest BCUT2D eigenvalue weighted by Gasteiger charge is 2.00. The number of aromatic nitrogens is 1. The molecule has 1 heterocycles. The zero-order valence-electron chi connectivity index (χ0n) is 15.5. The molecule has 142 valence electrons. The molecule has 0 fully saturated rings. The van der Waals surface area contributed by atoms with Crippen molar-refractivity contribution in [1.82, 2.24) is 15.6 Å². The SMILES string of the molecule is CCNC(=NCc1ccnc(OC)c1)NCCc1ccc(OC)cc1.I. The molecule has 2 rings (SSSR count). The molecule has 1 aromatic heterocycles. The van der Waals surface area contributed by atoms with Gasteiger partial charge in [-0.15, -0.1) is 24.0 Å². The van der Waals surface area contributed by atoms with Crippen molar-refractivity contribution in [2.45, 2.75) is 19.9 Å². The zero-order valence-corrected chi connectivity index (χ0v) is 17.8. The monoisotopic (exact) mass is 470 g/mol. The largest absolute Gasteiger partial charge is 0.497 e. The minimum Gasteiger partial charge on any atom is -0.497 e. The molecule has 0 amide bonds. The summed E-state index contributed by atoms with van der Waals surface area (Å²) < 4.78 is 10.3. The number of ether oxygens (including phenoxy) is 2. The van der Waals surface area contributed by atoms with Crippen molar-refractivity contribution >= 4 is 29.9 Å². The lowest BCUT2D eigenvalue weighted by Gasteiger charge is -2.11. The van der Waals surface area contributed by atoms with E-state index in [2.05, 4.69) is 39.7 Å². The van der Waals surface area contributed by atoms with E-state index in [1.54, 1.807) is 20.4 Å². The Bertz CT molecular complexity index is 677. The molecule has 1 aromatic carbocycles. The van der Waals surface area contributed by atoms with Gasteiger partial charge in [0.2, 0.25) is 5.88 Å². The summed E-state index contributed by atoms with van der Waals surface area (Å²) in [6, 6.07) is 11.9. The lowest BCUT2D eigenvalue weighted by molar-refractivity contribution is 0.397. The Morgan fingerprint density at radius 2 is 1.81 bits per heavy atom. The number of benzene rings is 1. The van der Waals surface area contributed by atoms with E-state index in [1.165, 1.54) is 5.56 Å². The predicted octanol–water partition coefficient (Wildman–Crippen LogP) is 3.01. The maximum atomic E-state index is 5.18. The van der Waals surface area contributed by atoms with E-state index in [-0.39, 0.29) is 24.0 Å². The summed E-state index contributed by atoms with van der Waals surface area (Å²) in [4.78, 5) is 8.71. The Hall–Kier alpha value is -2.03. The number of rotatable bonds is 8. The van der Waals surface area contributed by atoms with Crippen LogP contribution in [-0.4, -0.2) is 38.3 Å². The molecule has 0 aliphatic heterocycles. The second-order valence-corrected chi connectivity index (χ2v) is 5.43. The molecule has 0 spiro atoms. The normalized spacial score (nSPS) is 10.7. The van der Waals surface area contributed by atoms with Crippen molar-refractivity contribution in [3.63, 3.8) is 0 Å². The number of methoxy groups -OCH3 is 2. The molecule has 26 heavy (non-hydrogen) atoms. The Labute approximate surface area is 172 Å². The third-order valence-corrected chi connectivity index (χ3v) is 3.64. The predicted molar refractivity (Wildman–Crippen MR) is 116 cm³/mol. The summed E-state index contributed by atoms with van der Waals surface area (Å²) >= 11 is 0. The van der Waals surface area contributed by atoms with E-state index in [0.29, 0.717) is 12.4 Å². The lowest BCUT2D eigenvalue weighted by Crippen LogP contribution is -2.38. The van der Waals surface area contributed by atoms with Crippen LogP contribution >= 0.6 is 24.0 Å². The van der Waals surface area contributed by atoms with Gasteiger partial charge in [0.1, 0.15) is 5.75 Å². The molecule has 0 aliphatic rings. The van der Waals surface area contributed by atoms with Crippen molar-refractivity contribution in [2.75, 3.05) is 27.3 Å². The first-order chi connectivity index (χ1) is 12.2. The standard InChI is InChI=1S/C19H26N4O2.HI/c1-4-20-19(23-14-16-10-11-21-18(13-16)25-3)22-12-9-15-5-7-17(24-2)8-6-15;/h5-8,10-11,13H,4,9,12,14H2,1-3H3,(H2,20,22,23);1H. The number of guanidine groups is 1. The van der Waals surface area contributed by atoms with Crippen LogP contribution in [-0.2, 0) is 13.0 Å². The number of halogens is 1. The van der Waals surface area contributed by atoms with Crippen LogP contribution in [0.15, 0.2) is 47.6 Å². The number of hydrogen-bond donors (Lipinski definition) is 2. The molecule has 0 unspecified atom stereocenters. The molecule has 0 atom stereocenters. The summed E-state index contributed by atoms with van der Waals surface area (Å²) in [5.74, 6) is 2.27. The first-order valence-corrected chi connectivity index (χ1v) is 8.39. The van der Waals surface area contributed by atoms with E-state index >= 15 is 0 Å². The third-order valence-electron chi connectivity index (χ3n) is 3.64. The van der Waals surface area contributed by atoms with Crippen LogP contribution < -0.4 is 20.1 Å². The van der Waals surface area contributed by atoms with E-state index in [1.807, 2.05) is 24.3 Å². The highest BCUT2D eigenvalue weighted by atomic mass is 127. The summed E-state index contributed by atoms with van der Waals surface area (Å²) in [5.41, 5.74) is 2.31. The quantitative estimate of drug-likeness (QED) is 0.353. The molecule has 0 saturated heterocycles. The average Bonchev–Trinajstić information content (AvgIpc) is 2.66. The maximum absolute atomic E-state index is 5.18. The van der Waals surface area contributed by atoms with E-state index < -0.39 is 0 Å². The van der Waals surface area contributed by atoms with Crippen LogP contribution in [0.4, 0.5) is 0 Å². The van der Waals surface area contributed by atoms with Crippen molar-refractivity contribution in [3.05, 3.63) is 53.7 Å². The minimum atomic E-state index is 0. The fourth-order valence-corrected chi connectivity index (χ4v) is 2.29. The minimum absolute atomic E-state index is 0. The maximum Gasteiger partial charge on any atom is 0.213 e. The molecule has 0 radical (unpaired) electrons. The average molecular weight is 470 g/mol. The van der Waals surface area contributed by atoms with E-state index in [0.717, 1.165) is 36.8 Å². The number of hydrogen-bond acceptors (Lipinski definition) is 4. The van der Waals surface area contributed by atoms with Crippen molar-refractivity contribution in [2.24, 2.45) is 4.99 Å². The summed E-state index contributed by atoms with van der Waals surface area (Å²) in [7, 11) is 3.29. The van der Waals surface area contributed by atoms with Gasteiger partial charge < -0.3 is 20.1 Å². The van der Waals surface area contributed by atoms with E-state index in [9.17, 15) is 0 Å². The van der Waals surface area contributed by atoms with Gasteiger partial charge in [0.15, 0.2) is 5.96 Å². The van der Waals surface area contributed by atoms with Gasteiger partial charge in [0, 0.05) is 25.4 Å². The summed E-state index contributed by atoms with van der Waals surface area (Å²) in [5, 5.41) is 6.62.